The van der Waals surface area contributed by atoms with Crippen LogP contribution in [0.5, 0.6) is 0 Å². The van der Waals surface area contributed by atoms with Crippen LogP contribution in [0.25, 0.3) is 11.3 Å². The molecule has 6 nitrogen and oxygen atoms in total. The highest BCUT2D eigenvalue weighted by Crippen LogP contribution is 2.35. The van der Waals surface area contributed by atoms with E-state index < -0.39 is 37.4 Å². The summed E-state index contributed by atoms with van der Waals surface area (Å²) in [5.74, 6) is -5.49. The van der Waals surface area contributed by atoms with Crippen LogP contribution in [0.15, 0.2) is 42.5 Å². The van der Waals surface area contributed by atoms with Gasteiger partial charge in [0.1, 0.15) is 6.61 Å². The van der Waals surface area contributed by atoms with Crippen molar-refractivity contribution in [1.82, 2.24) is 14.8 Å². The molecule has 0 spiro atoms. The van der Waals surface area contributed by atoms with Crippen molar-refractivity contribution in [2.24, 2.45) is 5.73 Å². The number of hydrogen-bond acceptors (Lipinski definition) is 4. The number of alkyl halides is 6. The first kappa shape index (κ1) is 23.5. The van der Waals surface area contributed by atoms with Crippen molar-refractivity contribution in [2.75, 3.05) is 6.61 Å². The summed E-state index contributed by atoms with van der Waals surface area (Å²) in [5.41, 5.74) is 6.65. The van der Waals surface area contributed by atoms with Gasteiger partial charge in [-0.05, 0) is 30.5 Å². The number of allylic oxidation sites excluding steroid dienone is 4. The Hall–Kier alpha value is -3.15. The van der Waals surface area contributed by atoms with Gasteiger partial charge >= 0.3 is 12.1 Å². The number of hydrogen-bond donors (Lipinski definition) is 1. The van der Waals surface area contributed by atoms with Gasteiger partial charge in [-0.25, -0.2) is 22.8 Å². The maximum atomic E-state index is 13.4. The van der Waals surface area contributed by atoms with Gasteiger partial charge in [0.2, 0.25) is 5.82 Å². The first-order valence-electron chi connectivity index (χ1n) is 9.38. The Balaban J connectivity index is 1.80. The molecule has 0 saturated heterocycles. The number of ether oxygens (including phenoxy) is 1. The number of carbonyl (C=O) groups excluding carboxylic acids is 1. The van der Waals surface area contributed by atoms with Crippen molar-refractivity contribution in [3.8, 4) is 5.69 Å². The number of aromatic nitrogens is 3. The molecule has 1 aromatic carbocycles. The van der Waals surface area contributed by atoms with Crippen LogP contribution < -0.4 is 5.73 Å². The number of rotatable bonds is 8. The summed E-state index contributed by atoms with van der Waals surface area (Å²) < 4.78 is 82.4. The van der Waals surface area contributed by atoms with Gasteiger partial charge < -0.3 is 10.5 Å². The molecule has 3 rings (SSSR count). The average molecular weight is 460 g/mol. The van der Waals surface area contributed by atoms with Gasteiger partial charge in [0.05, 0.1) is 12.3 Å². The van der Waals surface area contributed by atoms with Crippen molar-refractivity contribution >= 4 is 11.5 Å². The Bertz CT molecular complexity index is 1040. The van der Waals surface area contributed by atoms with Gasteiger partial charge in [0.25, 0.3) is 12.1 Å². The highest BCUT2D eigenvalue weighted by atomic mass is 19.4. The molecule has 2 aromatic rings. The molecule has 1 unspecified atom stereocenters. The van der Waals surface area contributed by atoms with Crippen LogP contribution in [0.2, 0.25) is 0 Å². The van der Waals surface area contributed by atoms with E-state index in [1.54, 1.807) is 12.1 Å². The molecule has 0 radical (unpaired) electrons. The third-order valence-corrected chi connectivity index (χ3v) is 4.46. The molecule has 2 N–H and O–H groups in total. The number of primary amides is 1. The fourth-order valence-corrected chi connectivity index (χ4v) is 2.96. The number of amides is 1. The summed E-state index contributed by atoms with van der Waals surface area (Å²) in [6.07, 6.45) is -2.82. The van der Waals surface area contributed by atoms with E-state index in [2.05, 4.69) is 14.8 Å². The van der Waals surface area contributed by atoms with Crippen molar-refractivity contribution in [1.29, 1.82) is 0 Å². The molecule has 1 aliphatic rings. The van der Waals surface area contributed by atoms with Crippen LogP contribution in [0, 0.1) is 0 Å². The molecule has 0 aliphatic heterocycles. The lowest BCUT2D eigenvalue weighted by atomic mass is 10.1. The number of nitrogens with zero attached hydrogens (tertiary/aromatic N) is 3. The molecule has 32 heavy (non-hydrogen) atoms. The van der Waals surface area contributed by atoms with E-state index in [0.717, 1.165) is 12.8 Å². The standard InChI is InChI=1S/C20H18F6N4O2/c21-18(20(24,25)26)19(22,23)11-32-10-12-5-4-8-14(9-12)30-17(13-6-2-1-3-7-13)28-16(29-30)15(27)31/h2,4-9,18H,1,3,10-11H2,(H2,27,31). The van der Waals surface area contributed by atoms with Gasteiger partial charge in [0.15, 0.2) is 5.82 Å². The fourth-order valence-electron chi connectivity index (χ4n) is 2.96. The topological polar surface area (TPSA) is 83.0 Å². The highest BCUT2D eigenvalue weighted by Gasteiger charge is 2.56. The number of benzene rings is 1. The number of halogens is 6. The van der Waals surface area contributed by atoms with Crippen LogP contribution in [-0.4, -0.2) is 45.5 Å². The predicted molar refractivity (Wildman–Crippen MR) is 102 cm³/mol. The first-order valence-corrected chi connectivity index (χ1v) is 9.38. The van der Waals surface area contributed by atoms with E-state index >= 15 is 0 Å². The lowest BCUT2D eigenvalue weighted by Gasteiger charge is -2.22. The maximum absolute atomic E-state index is 13.4. The van der Waals surface area contributed by atoms with E-state index in [4.69, 9.17) is 5.73 Å². The van der Waals surface area contributed by atoms with Gasteiger partial charge in [0, 0.05) is 5.57 Å². The number of carbonyl (C=O) groups is 1. The minimum absolute atomic E-state index is 0.234. The highest BCUT2D eigenvalue weighted by molar-refractivity contribution is 5.89. The van der Waals surface area contributed by atoms with Crippen LogP contribution in [-0.2, 0) is 11.3 Å². The third-order valence-electron chi connectivity index (χ3n) is 4.46. The second-order valence-electron chi connectivity index (χ2n) is 7.00. The Morgan fingerprint density at radius 2 is 1.97 bits per heavy atom. The smallest absolute Gasteiger partial charge is 0.370 e. The van der Waals surface area contributed by atoms with Gasteiger partial charge in [-0.15, -0.1) is 5.10 Å². The molecule has 0 fully saturated rings. The summed E-state index contributed by atoms with van der Waals surface area (Å²) >= 11 is 0. The molecule has 172 valence electrons. The van der Waals surface area contributed by atoms with Crippen LogP contribution in [0.4, 0.5) is 26.3 Å². The summed E-state index contributed by atoms with van der Waals surface area (Å²) in [4.78, 5) is 15.7. The predicted octanol–water partition coefficient (Wildman–Crippen LogP) is 4.15. The third kappa shape index (κ3) is 5.36. The molecular weight excluding hydrogens is 442 g/mol. The van der Waals surface area contributed by atoms with Crippen molar-refractivity contribution in [3.05, 3.63) is 59.7 Å². The summed E-state index contributed by atoms with van der Waals surface area (Å²) in [5, 5.41) is 4.09. The second kappa shape index (κ2) is 9.15. The monoisotopic (exact) mass is 460 g/mol. The van der Waals surface area contributed by atoms with E-state index in [0.29, 0.717) is 22.6 Å². The van der Waals surface area contributed by atoms with E-state index in [-0.39, 0.29) is 5.82 Å². The lowest BCUT2D eigenvalue weighted by Crippen LogP contribution is -2.44. The fraction of sp³-hybridized carbons (Fsp3) is 0.350. The SMILES string of the molecule is NC(=O)c1nc(C2=CCCC=C2)n(-c2cccc(COCC(F)(F)C(F)C(F)(F)F)c2)n1. The normalized spacial score (nSPS) is 15.5. The molecule has 0 bridgehead atoms. The van der Waals surface area contributed by atoms with Gasteiger partial charge in [-0.3, -0.25) is 4.79 Å². The zero-order chi connectivity index (χ0) is 23.5. The van der Waals surface area contributed by atoms with Gasteiger partial charge in [-0.1, -0.05) is 30.4 Å². The number of nitrogens with two attached hydrogens (primary N) is 1. The van der Waals surface area contributed by atoms with Gasteiger partial charge in [-0.2, -0.15) is 13.2 Å². The van der Waals surface area contributed by atoms with E-state index in [1.165, 1.54) is 22.9 Å². The minimum atomic E-state index is -5.70. The molecule has 1 aliphatic carbocycles. The zero-order valence-electron chi connectivity index (χ0n) is 16.5. The van der Waals surface area contributed by atoms with Crippen LogP contribution in [0.3, 0.4) is 0 Å². The van der Waals surface area contributed by atoms with Crippen LogP contribution in [0.1, 0.15) is 34.8 Å². The largest absolute Gasteiger partial charge is 0.425 e. The molecule has 1 aromatic heterocycles. The molecular formula is C20H18F6N4O2. The van der Waals surface area contributed by atoms with Crippen LogP contribution >= 0.6 is 0 Å². The molecule has 12 heteroatoms. The summed E-state index contributed by atoms with van der Waals surface area (Å²) in [6.45, 7) is -2.26. The maximum Gasteiger partial charge on any atom is 0.425 e. The zero-order valence-corrected chi connectivity index (χ0v) is 16.5. The second-order valence-corrected chi connectivity index (χ2v) is 7.00. The Morgan fingerprint density at radius 1 is 1.22 bits per heavy atom. The summed E-state index contributed by atoms with van der Waals surface area (Å²) in [7, 11) is 0. The lowest BCUT2D eigenvalue weighted by molar-refractivity contribution is -0.256. The quantitative estimate of drug-likeness (QED) is 0.600. The van der Waals surface area contributed by atoms with Crippen molar-refractivity contribution in [2.45, 2.75) is 37.7 Å². The molecule has 0 saturated carbocycles. The average Bonchev–Trinajstić information content (AvgIpc) is 3.19. The first-order chi connectivity index (χ1) is 15.0. The summed E-state index contributed by atoms with van der Waals surface area (Å²) in [6, 6.07) is 6.06. The Labute approximate surface area is 178 Å². The van der Waals surface area contributed by atoms with Crippen molar-refractivity contribution < 1.29 is 35.9 Å². The van der Waals surface area contributed by atoms with E-state index in [1.807, 2.05) is 12.2 Å². The van der Waals surface area contributed by atoms with E-state index in [9.17, 15) is 31.1 Å². The Kier molecular flexibility index (Phi) is 6.72. The Morgan fingerprint density at radius 3 is 2.59 bits per heavy atom. The molecule has 1 amide bonds. The minimum Gasteiger partial charge on any atom is -0.370 e. The molecule has 1 atom stereocenters. The molecule has 1 heterocycles. The van der Waals surface area contributed by atoms with Crippen molar-refractivity contribution in [3.63, 3.8) is 0 Å².